The predicted molar refractivity (Wildman–Crippen MR) is 78.4 cm³/mol. The van der Waals surface area contributed by atoms with Crippen molar-refractivity contribution in [1.29, 1.82) is 0 Å². The van der Waals surface area contributed by atoms with Gasteiger partial charge < -0.3 is 10.6 Å². The van der Waals surface area contributed by atoms with Gasteiger partial charge in [-0.3, -0.25) is 4.79 Å². The molecule has 2 unspecified atom stereocenters. The molecule has 20 heavy (non-hydrogen) atoms. The molecule has 2 N–H and O–H groups in total. The van der Waals surface area contributed by atoms with Crippen LogP contribution in [0.1, 0.15) is 19.8 Å². The molecule has 1 aliphatic heterocycles. The lowest BCUT2D eigenvalue weighted by atomic mass is 9.92. The summed E-state index contributed by atoms with van der Waals surface area (Å²) >= 11 is 0. The van der Waals surface area contributed by atoms with Crippen molar-refractivity contribution in [3.05, 3.63) is 24.3 Å². The Morgan fingerprint density at radius 2 is 2.15 bits per heavy atom. The molecule has 1 aromatic carbocycles. The van der Waals surface area contributed by atoms with Crippen LogP contribution in [0.2, 0.25) is 0 Å². The Labute approximate surface area is 119 Å². The van der Waals surface area contributed by atoms with Gasteiger partial charge in [0.1, 0.15) is 0 Å². The van der Waals surface area contributed by atoms with Gasteiger partial charge in [0.15, 0.2) is 9.84 Å². The zero-order chi connectivity index (χ0) is 14.8. The second-order valence-electron chi connectivity index (χ2n) is 5.37. The van der Waals surface area contributed by atoms with Crippen LogP contribution < -0.4 is 10.6 Å². The van der Waals surface area contributed by atoms with Gasteiger partial charge in [-0.1, -0.05) is 6.07 Å². The summed E-state index contributed by atoms with van der Waals surface area (Å²) in [6.07, 6.45) is 2.77. The third-order valence-electron chi connectivity index (χ3n) is 3.52. The third kappa shape index (κ3) is 3.80. The second kappa shape index (κ2) is 5.93. The van der Waals surface area contributed by atoms with Crippen LogP contribution in [0.5, 0.6) is 0 Å². The fourth-order valence-corrected chi connectivity index (χ4v) is 3.09. The molecule has 0 aromatic heterocycles. The normalized spacial score (nSPS) is 23.3. The minimum absolute atomic E-state index is 0.0202. The van der Waals surface area contributed by atoms with Crippen LogP contribution in [0.4, 0.5) is 5.69 Å². The number of anilines is 1. The quantitative estimate of drug-likeness (QED) is 0.884. The molecular formula is C14H20N2O3S. The molecule has 0 radical (unpaired) electrons. The maximum absolute atomic E-state index is 12.2. The molecule has 0 saturated carbocycles. The summed E-state index contributed by atoms with van der Waals surface area (Å²) < 4.78 is 23.0. The molecule has 6 heteroatoms. The topological polar surface area (TPSA) is 75.3 Å². The van der Waals surface area contributed by atoms with Crippen molar-refractivity contribution in [3.63, 3.8) is 0 Å². The number of hydrogen-bond donors (Lipinski definition) is 2. The largest absolute Gasteiger partial charge is 0.326 e. The van der Waals surface area contributed by atoms with Gasteiger partial charge in [0.05, 0.1) is 4.90 Å². The number of benzene rings is 1. The molecule has 0 spiro atoms. The summed E-state index contributed by atoms with van der Waals surface area (Å²) in [5.41, 5.74) is 0.532. The van der Waals surface area contributed by atoms with Crippen molar-refractivity contribution < 1.29 is 13.2 Å². The summed E-state index contributed by atoms with van der Waals surface area (Å²) in [5, 5.41) is 6.11. The Balaban J connectivity index is 2.08. The van der Waals surface area contributed by atoms with E-state index in [9.17, 15) is 13.2 Å². The second-order valence-corrected chi connectivity index (χ2v) is 7.38. The van der Waals surface area contributed by atoms with Crippen LogP contribution in [0, 0.1) is 5.92 Å². The number of sulfone groups is 1. The summed E-state index contributed by atoms with van der Waals surface area (Å²) in [7, 11) is -3.26. The first-order chi connectivity index (χ1) is 9.36. The molecule has 1 saturated heterocycles. The number of amides is 1. The molecule has 1 fully saturated rings. The number of rotatable bonds is 3. The molecule has 2 rings (SSSR count). The monoisotopic (exact) mass is 296 g/mol. The van der Waals surface area contributed by atoms with E-state index < -0.39 is 9.84 Å². The molecule has 1 aliphatic rings. The number of carbonyl (C=O) groups excluding carboxylic acids is 1. The minimum atomic E-state index is -3.26. The van der Waals surface area contributed by atoms with Crippen LogP contribution >= 0.6 is 0 Å². The van der Waals surface area contributed by atoms with Crippen molar-refractivity contribution in [2.75, 3.05) is 18.1 Å². The van der Waals surface area contributed by atoms with Crippen LogP contribution in [0.25, 0.3) is 0 Å². The van der Waals surface area contributed by atoms with E-state index in [1.807, 2.05) is 0 Å². The minimum Gasteiger partial charge on any atom is -0.326 e. The van der Waals surface area contributed by atoms with E-state index in [1.165, 1.54) is 12.1 Å². The average molecular weight is 296 g/mol. The number of hydrogen-bond acceptors (Lipinski definition) is 4. The van der Waals surface area contributed by atoms with E-state index >= 15 is 0 Å². The van der Waals surface area contributed by atoms with Crippen molar-refractivity contribution >= 4 is 21.4 Å². The van der Waals surface area contributed by atoms with Gasteiger partial charge in [0.25, 0.3) is 0 Å². The highest BCUT2D eigenvalue weighted by Gasteiger charge is 2.24. The Kier molecular flexibility index (Phi) is 4.45. The predicted octanol–water partition coefficient (Wildman–Crippen LogP) is 1.42. The molecule has 0 aliphatic carbocycles. The molecule has 1 heterocycles. The first-order valence-electron chi connectivity index (χ1n) is 6.70. The summed E-state index contributed by atoms with van der Waals surface area (Å²) in [5.74, 6) is -0.0582. The van der Waals surface area contributed by atoms with Crippen molar-refractivity contribution in [1.82, 2.24) is 5.32 Å². The Hall–Kier alpha value is -1.40. The lowest BCUT2D eigenvalue weighted by molar-refractivity contribution is -0.120. The SMILES string of the molecule is CC1CC(C(=O)Nc2cccc(S(C)(=O)=O)c2)CCN1. The van der Waals surface area contributed by atoms with Crippen LogP contribution in [-0.2, 0) is 14.6 Å². The highest BCUT2D eigenvalue weighted by atomic mass is 32.2. The van der Waals surface area contributed by atoms with Gasteiger partial charge >= 0.3 is 0 Å². The molecule has 110 valence electrons. The van der Waals surface area contributed by atoms with Gasteiger partial charge in [-0.05, 0) is 44.5 Å². The molecule has 1 aromatic rings. The average Bonchev–Trinajstić information content (AvgIpc) is 2.38. The number of carbonyl (C=O) groups is 1. The van der Waals surface area contributed by atoms with Crippen molar-refractivity contribution in [2.24, 2.45) is 5.92 Å². The van der Waals surface area contributed by atoms with Gasteiger partial charge in [0, 0.05) is 23.9 Å². The highest BCUT2D eigenvalue weighted by molar-refractivity contribution is 7.90. The third-order valence-corrected chi connectivity index (χ3v) is 4.63. The summed E-state index contributed by atoms with van der Waals surface area (Å²) in [4.78, 5) is 12.4. The Morgan fingerprint density at radius 1 is 1.40 bits per heavy atom. The molecule has 1 amide bonds. The van der Waals surface area contributed by atoms with Crippen LogP contribution in [-0.4, -0.2) is 33.2 Å². The van der Waals surface area contributed by atoms with Crippen molar-refractivity contribution in [3.8, 4) is 0 Å². The van der Waals surface area contributed by atoms with E-state index in [0.717, 1.165) is 25.6 Å². The van der Waals surface area contributed by atoms with Gasteiger partial charge in [0.2, 0.25) is 5.91 Å². The molecule has 5 nitrogen and oxygen atoms in total. The fraction of sp³-hybridized carbons (Fsp3) is 0.500. The molecular weight excluding hydrogens is 276 g/mol. The lowest BCUT2D eigenvalue weighted by Crippen LogP contribution is -2.40. The zero-order valence-electron chi connectivity index (χ0n) is 11.7. The van der Waals surface area contributed by atoms with Gasteiger partial charge in [-0.15, -0.1) is 0 Å². The Bertz CT molecular complexity index is 598. The van der Waals surface area contributed by atoms with Gasteiger partial charge in [-0.25, -0.2) is 8.42 Å². The summed E-state index contributed by atoms with van der Waals surface area (Å²) in [6.45, 7) is 2.90. The van der Waals surface area contributed by atoms with E-state index in [-0.39, 0.29) is 16.7 Å². The Morgan fingerprint density at radius 3 is 2.80 bits per heavy atom. The standard InChI is InChI=1S/C14H20N2O3S/c1-10-8-11(6-7-15-10)14(17)16-12-4-3-5-13(9-12)20(2,18)19/h3-5,9-11,15H,6-8H2,1-2H3,(H,16,17). The van der Waals surface area contributed by atoms with E-state index in [1.54, 1.807) is 12.1 Å². The van der Waals surface area contributed by atoms with E-state index in [4.69, 9.17) is 0 Å². The highest BCUT2D eigenvalue weighted by Crippen LogP contribution is 2.20. The van der Waals surface area contributed by atoms with Gasteiger partial charge in [-0.2, -0.15) is 0 Å². The van der Waals surface area contributed by atoms with E-state index in [2.05, 4.69) is 17.6 Å². The number of piperidine rings is 1. The molecule has 0 bridgehead atoms. The smallest absolute Gasteiger partial charge is 0.227 e. The van der Waals surface area contributed by atoms with Crippen molar-refractivity contribution in [2.45, 2.75) is 30.7 Å². The number of nitrogens with one attached hydrogen (secondary N) is 2. The first-order valence-corrected chi connectivity index (χ1v) is 8.60. The summed E-state index contributed by atoms with van der Waals surface area (Å²) in [6, 6.07) is 6.70. The molecule has 2 atom stereocenters. The maximum atomic E-state index is 12.2. The first kappa shape index (κ1) is 15.0. The lowest BCUT2D eigenvalue weighted by Gasteiger charge is -2.27. The zero-order valence-corrected chi connectivity index (χ0v) is 12.5. The maximum Gasteiger partial charge on any atom is 0.227 e. The van der Waals surface area contributed by atoms with Crippen LogP contribution in [0.3, 0.4) is 0 Å². The fourth-order valence-electron chi connectivity index (χ4n) is 2.42. The van der Waals surface area contributed by atoms with Crippen LogP contribution in [0.15, 0.2) is 29.2 Å². The van der Waals surface area contributed by atoms with E-state index in [0.29, 0.717) is 11.7 Å².